The summed E-state index contributed by atoms with van der Waals surface area (Å²) in [5, 5.41) is 7.42. The number of carbonyl (C=O) groups excluding carboxylic acids is 1. The second-order valence-electron chi connectivity index (χ2n) is 7.20. The van der Waals surface area contributed by atoms with Crippen LogP contribution in [0.15, 0.2) is 36.7 Å². The second-order valence-corrected chi connectivity index (χ2v) is 7.20. The van der Waals surface area contributed by atoms with E-state index in [1.54, 1.807) is 13.3 Å². The number of amides is 1. The Kier molecular flexibility index (Phi) is 5.93. The molecule has 6 heteroatoms. The van der Waals surface area contributed by atoms with Crippen molar-refractivity contribution in [2.75, 3.05) is 20.2 Å². The van der Waals surface area contributed by atoms with Gasteiger partial charge in [-0.05, 0) is 50.9 Å². The molecule has 1 aliphatic heterocycles. The maximum absolute atomic E-state index is 12.5. The van der Waals surface area contributed by atoms with E-state index in [1.807, 2.05) is 36.9 Å². The third-order valence-electron chi connectivity index (χ3n) is 4.77. The second kappa shape index (κ2) is 8.36. The van der Waals surface area contributed by atoms with Gasteiger partial charge in [0.2, 0.25) is 0 Å². The number of nitrogens with zero attached hydrogens (tertiary/aromatic N) is 3. The summed E-state index contributed by atoms with van der Waals surface area (Å²) in [5.41, 5.74) is 1.86. The molecule has 0 aliphatic carbocycles. The molecule has 1 fully saturated rings. The number of hydrogen-bond donors (Lipinski definition) is 1. The highest BCUT2D eigenvalue weighted by Crippen LogP contribution is 2.18. The highest BCUT2D eigenvalue weighted by molar-refractivity contribution is 5.93. The molecule has 0 spiro atoms. The van der Waals surface area contributed by atoms with Gasteiger partial charge in [-0.15, -0.1) is 0 Å². The van der Waals surface area contributed by atoms with Crippen LogP contribution in [0.2, 0.25) is 0 Å². The lowest BCUT2D eigenvalue weighted by Gasteiger charge is -2.33. The zero-order chi connectivity index (χ0) is 18.5. The van der Waals surface area contributed by atoms with Crippen molar-refractivity contribution in [3.63, 3.8) is 0 Å². The zero-order valence-corrected chi connectivity index (χ0v) is 15.8. The monoisotopic (exact) mass is 356 g/mol. The van der Waals surface area contributed by atoms with E-state index in [4.69, 9.17) is 4.74 Å². The van der Waals surface area contributed by atoms with Gasteiger partial charge in [0, 0.05) is 31.4 Å². The summed E-state index contributed by atoms with van der Waals surface area (Å²) in [6.45, 7) is 6.88. The first-order chi connectivity index (χ1) is 12.5. The van der Waals surface area contributed by atoms with Crippen LogP contribution in [0.25, 0.3) is 0 Å². The fraction of sp³-hybridized carbons (Fsp3) is 0.500. The zero-order valence-electron chi connectivity index (χ0n) is 15.8. The number of benzene rings is 1. The maximum Gasteiger partial charge on any atom is 0.254 e. The van der Waals surface area contributed by atoms with Crippen LogP contribution in [0.5, 0.6) is 5.75 Å². The number of carbonyl (C=O) groups is 1. The Bertz CT molecular complexity index is 741. The maximum atomic E-state index is 12.5. The first kappa shape index (κ1) is 18.5. The van der Waals surface area contributed by atoms with E-state index in [2.05, 4.69) is 27.4 Å². The molecule has 1 atom stereocenters. The van der Waals surface area contributed by atoms with Crippen LogP contribution in [-0.2, 0) is 6.54 Å². The highest BCUT2D eigenvalue weighted by Gasteiger charge is 2.22. The van der Waals surface area contributed by atoms with Gasteiger partial charge in [0.15, 0.2) is 0 Å². The van der Waals surface area contributed by atoms with Gasteiger partial charge in [-0.3, -0.25) is 14.4 Å². The van der Waals surface area contributed by atoms with Gasteiger partial charge < -0.3 is 10.1 Å². The van der Waals surface area contributed by atoms with Crippen molar-refractivity contribution in [1.29, 1.82) is 0 Å². The summed E-state index contributed by atoms with van der Waals surface area (Å²) in [5.74, 6) is 0.844. The minimum Gasteiger partial charge on any atom is -0.497 e. The minimum atomic E-state index is -0.0369. The summed E-state index contributed by atoms with van der Waals surface area (Å²) < 4.78 is 7.11. The molecule has 1 aliphatic rings. The number of likely N-dealkylation sites (tertiary alicyclic amines) is 1. The molecule has 0 radical (unpaired) electrons. The van der Waals surface area contributed by atoms with Crippen LogP contribution in [-0.4, -0.2) is 46.8 Å². The van der Waals surface area contributed by atoms with E-state index in [9.17, 15) is 4.79 Å². The van der Waals surface area contributed by atoms with E-state index in [0.717, 1.165) is 38.2 Å². The largest absolute Gasteiger partial charge is 0.497 e. The number of aromatic nitrogens is 2. The Labute approximate surface area is 155 Å². The standard InChI is InChI=1S/C20H28N4O2/c1-15(2)24-13-17(11-21-24)20(25)22-18-7-5-9-23(14-18)12-16-6-4-8-19(10-16)26-3/h4,6,8,10-11,13,15,18H,5,7,9,12,14H2,1-3H3,(H,22,25). The number of nitrogens with one attached hydrogen (secondary N) is 1. The lowest BCUT2D eigenvalue weighted by Crippen LogP contribution is -2.47. The van der Waals surface area contributed by atoms with Crippen molar-refractivity contribution in [3.05, 3.63) is 47.8 Å². The normalized spacial score (nSPS) is 18.1. The minimum absolute atomic E-state index is 0.0369. The average Bonchev–Trinajstić information content (AvgIpc) is 3.13. The summed E-state index contributed by atoms with van der Waals surface area (Å²) in [7, 11) is 1.69. The molecule has 0 bridgehead atoms. The van der Waals surface area contributed by atoms with Crippen molar-refractivity contribution in [2.45, 2.75) is 45.3 Å². The van der Waals surface area contributed by atoms with Gasteiger partial charge in [0.05, 0.1) is 18.9 Å². The quantitative estimate of drug-likeness (QED) is 0.865. The molecule has 6 nitrogen and oxygen atoms in total. The van der Waals surface area contributed by atoms with Crippen LogP contribution in [0.4, 0.5) is 0 Å². The van der Waals surface area contributed by atoms with E-state index in [0.29, 0.717) is 5.56 Å². The molecule has 2 aromatic rings. The molecule has 1 N–H and O–H groups in total. The van der Waals surface area contributed by atoms with Crippen LogP contribution in [0, 0.1) is 0 Å². The smallest absolute Gasteiger partial charge is 0.254 e. The number of hydrogen-bond acceptors (Lipinski definition) is 4. The highest BCUT2D eigenvalue weighted by atomic mass is 16.5. The molecule has 1 aromatic heterocycles. The summed E-state index contributed by atoms with van der Waals surface area (Å²) >= 11 is 0. The number of piperidine rings is 1. The van der Waals surface area contributed by atoms with Gasteiger partial charge in [0.25, 0.3) is 5.91 Å². The average molecular weight is 356 g/mol. The predicted molar refractivity (Wildman–Crippen MR) is 101 cm³/mol. The Hall–Kier alpha value is -2.34. The van der Waals surface area contributed by atoms with Crippen molar-refractivity contribution < 1.29 is 9.53 Å². The number of ether oxygens (including phenoxy) is 1. The van der Waals surface area contributed by atoms with E-state index in [1.165, 1.54) is 5.56 Å². The SMILES string of the molecule is COc1cccc(CN2CCCC(NC(=O)c3cnn(C(C)C)c3)C2)c1. The van der Waals surface area contributed by atoms with Gasteiger partial charge in [0.1, 0.15) is 5.75 Å². The van der Waals surface area contributed by atoms with Gasteiger partial charge >= 0.3 is 0 Å². The molecular formula is C20H28N4O2. The lowest BCUT2D eigenvalue weighted by atomic mass is 10.0. The fourth-order valence-electron chi connectivity index (χ4n) is 3.35. The molecule has 26 heavy (non-hydrogen) atoms. The molecule has 1 unspecified atom stereocenters. The van der Waals surface area contributed by atoms with Crippen LogP contribution >= 0.6 is 0 Å². The Morgan fingerprint density at radius 1 is 1.42 bits per heavy atom. The van der Waals surface area contributed by atoms with Gasteiger partial charge in [-0.25, -0.2) is 0 Å². The molecule has 0 saturated carbocycles. The van der Waals surface area contributed by atoms with Crippen molar-refractivity contribution >= 4 is 5.91 Å². The number of methoxy groups -OCH3 is 1. The molecular weight excluding hydrogens is 328 g/mol. The third-order valence-corrected chi connectivity index (χ3v) is 4.77. The van der Waals surface area contributed by atoms with E-state index >= 15 is 0 Å². The van der Waals surface area contributed by atoms with Gasteiger partial charge in [-0.2, -0.15) is 5.10 Å². The molecule has 1 aromatic carbocycles. The summed E-state index contributed by atoms with van der Waals surface area (Å²) in [6, 6.07) is 8.59. The van der Waals surface area contributed by atoms with E-state index < -0.39 is 0 Å². The predicted octanol–water partition coefficient (Wildman–Crippen LogP) is 2.87. The van der Waals surface area contributed by atoms with Crippen molar-refractivity contribution in [2.24, 2.45) is 0 Å². The topological polar surface area (TPSA) is 59.4 Å². The Balaban J connectivity index is 1.56. The first-order valence-electron chi connectivity index (χ1n) is 9.25. The third kappa shape index (κ3) is 4.64. The van der Waals surface area contributed by atoms with Crippen LogP contribution < -0.4 is 10.1 Å². The van der Waals surface area contributed by atoms with Crippen molar-refractivity contribution in [3.8, 4) is 5.75 Å². The molecule has 3 rings (SSSR count). The summed E-state index contributed by atoms with van der Waals surface area (Å²) in [6.07, 6.45) is 5.56. The molecule has 1 amide bonds. The van der Waals surface area contributed by atoms with Crippen LogP contribution in [0.1, 0.15) is 48.7 Å². The number of rotatable bonds is 6. The molecule has 1 saturated heterocycles. The fourth-order valence-corrected chi connectivity index (χ4v) is 3.35. The van der Waals surface area contributed by atoms with Crippen LogP contribution in [0.3, 0.4) is 0 Å². The molecule has 140 valence electrons. The van der Waals surface area contributed by atoms with Crippen molar-refractivity contribution in [1.82, 2.24) is 20.0 Å². The lowest BCUT2D eigenvalue weighted by molar-refractivity contribution is 0.0900. The van der Waals surface area contributed by atoms with E-state index in [-0.39, 0.29) is 18.0 Å². The first-order valence-corrected chi connectivity index (χ1v) is 9.25. The molecule has 2 heterocycles. The summed E-state index contributed by atoms with van der Waals surface area (Å²) in [4.78, 5) is 14.9. The van der Waals surface area contributed by atoms with Gasteiger partial charge in [-0.1, -0.05) is 12.1 Å². The Morgan fingerprint density at radius 2 is 2.27 bits per heavy atom. The Morgan fingerprint density at radius 3 is 3.00 bits per heavy atom.